The van der Waals surface area contributed by atoms with Gasteiger partial charge in [-0.25, -0.2) is 4.98 Å². The molecular formula is C11H8Cl2N2O. The molecule has 0 radical (unpaired) electrons. The second-order valence-corrected chi connectivity index (χ2v) is 3.96. The van der Waals surface area contributed by atoms with E-state index in [-0.39, 0.29) is 0 Å². The molecule has 0 spiro atoms. The SMILES string of the molecule is O=Cc1cn(CC(Cl)=CCl)c2ncccc12. The Morgan fingerprint density at radius 2 is 2.38 bits per heavy atom. The molecule has 2 rings (SSSR count). The first-order valence-electron chi connectivity index (χ1n) is 4.60. The van der Waals surface area contributed by atoms with E-state index in [1.54, 1.807) is 23.0 Å². The number of halogens is 2. The lowest BCUT2D eigenvalue weighted by atomic mass is 10.2. The second-order valence-electron chi connectivity index (χ2n) is 3.26. The van der Waals surface area contributed by atoms with Crippen molar-refractivity contribution in [2.45, 2.75) is 6.54 Å². The number of fused-ring (bicyclic) bond motifs is 1. The molecule has 0 unspecified atom stereocenters. The van der Waals surface area contributed by atoms with Gasteiger partial charge in [0.1, 0.15) is 5.65 Å². The lowest BCUT2D eigenvalue weighted by Crippen LogP contribution is -1.96. The van der Waals surface area contributed by atoms with Crippen molar-refractivity contribution in [1.82, 2.24) is 9.55 Å². The Morgan fingerprint density at radius 1 is 1.56 bits per heavy atom. The first-order valence-corrected chi connectivity index (χ1v) is 5.41. The zero-order valence-corrected chi connectivity index (χ0v) is 9.74. The van der Waals surface area contributed by atoms with Gasteiger partial charge in [0.15, 0.2) is 6.29 Å². The van der Waals surface area contributed by atoms with Gasteiger partial charge in [-0.1, -0.05) is 23.2 Å². The fourth-order valence-electron chi connectivity index (χ4n) is 1.56. The zero-order chi connectivity index (χ0) is 11.5. The number of hydrogen-bond donors (Lipinski definition) is 0. The Morgan fingerprint density at radius 3 is 3.06 bits per heavy atom. The van der Waals surface area contributed by atoms with E-state index in [4.69, 9.17) is 23.2 Å². The quantitative estimate of drug-likeness (QED) is 0.789. The van der Waals surface area contributed by atoms with Gasteiger partial charge in [-0.2, -0.15) is 0 Å². The van der Waals surface area contributed by atoms with Crippen LogP contribution in [0.3, 0.4) is 0 Å². The van der Waals surface area contributed by atoms with Crippen molar-refractivity contribution in [3.05, 3.63) is 40.7 Å². The predicted molar refractivity (Wildman–Crippen MR) is 64.9 cm³/mol. The highest BCUT2D eigenvalue weighted by Crippen LogP contribution is 2.19. The third kappa shape index (κ3) is 1.96. The molecule has 0 atom stereocenters. The lowest BCUT2D eigenvalue weighted by molar-refractivity contribution is 0.112. The van der Waals surface area contributed by atoms with Gasteiger partial charge in [-0.05, 0) is 12.1 Å². The number of hydrogen-bond acceptors (Lipinski definition) is 2. The summed E-state index contributed by atoms with van der Waals surface area (Å²) in [6, 6.07) is 3.64. The highest BCUT2D eigenvalue weighted by Gasteiger charge is 2.08. The first-order chi connectivity index (χ1) is 7.76. The Labute approximate surface area is 102 Å². The van der Waals surface area contributed by atoms with Crippen molar-refractivity contribution < 1.29 is 4.79 Å². The van der Waals surface area contributed by atoms with Gasteiger partial charge in [-0.15, -0.1) is 0 Å². The van der Waals surface area contributed by atoms with Crippen molar-refractivity contribution in [3.8, 4) is 0 Å². The van der Waals surface area contributed by atoms with E-state index in [2.05, 4.69) is 4.98 Å². The largest absolute Gasteiger partial charge is 0.326 e. The maximum atomic E-state index is 10.9. The van der Waals surface area contributed by atoms with E-state index in [1.807, 2.05) is 6.07 Å². The van der Waals surface area contributed by atoms with Crippen molar-refractivity contribution in [2.75, 3.05) is 0 Å². The van der Waals surface area contributed by atoms with Gasteiger partial charge < -0.3 is 4.57 Å². The number of rotatable bonds is 3. The maximum absolute atomic E-state index is 10.9. The van der Waals surface area contributed by atoms with E-state index < -0.39 is 0 Å². The number of pyridine rings is 1. The molecule has 2 heterocycles. The third-order valence-electron chi connectivity index (χ3n) is 2.23. The molecule has 2 aromatic heterocycles. The van der Waals surface area contributed by atoms with Crippen LogP contribution >= 0.6 is 23.2 Å². The number of carbonyl (C=O) groups is 1. The lowest BCUT2D eigenvalue weighted by Gasteiger charge is -2.01. The molecule has 3 nitrogen and oxygen atoms in total. The highest BCUT2D eigenvalue weighted by atomic mass is 35.5. The summed E-state index contributed by atoms with van der Waals surface area (Å²) in [6.45, 7) is 0.409. The van der Waals surface area contributed by atoms with Crippen molar-refractivity contribution in [1.29, 1.82) is 0 Å². The average Bonchev–Trinajstić information content (AvgIpc) is 2.68. The van der Waals surface area contributed by atoms with E-state index in [9.17, 15) is 4.79 Å². The summed E-state index contributed by atoms with van der Waals surface area (Å²) in [5.41, 5.74) is 2.63. The van der Waals surface area contributed by atoms with Gasteiger partial charge in [0.2, 0.25) is 0 Å². The number of allylic oxidation sites excluding steroid dienone is 1. The smallest absolute Gasteiger partial charge is 0.152 e. The van der Waals surface area contributed by atoms with Crippen molar-refractivity contribution >= 4 is 40.5 Å². The predicted octanol–water partition coefficient (Wildman–Crippen LogP) is 3.17. The zero-order valence-electron chi connectivity index (χ0n) is 8.23. The fraction of sp³-hybridized carbons (Fsp3) is 0.0909. The molecule has 0 aromatic carbocycles. The summed E-state index contributed by atoms with van der Waals surface area (Å²) < 4.78 is 1.79. The van der Waals surface area contributed by atoms with Crippen LogP contribution in [0.1, 0.15) is 10.4 Å². The Kier molecular flexibility index (Phi) is 3.27. The molecular weight excluding hydrogens is 247 g/mol. The minimum atomic E-state index is 0.409. The van der Waals surface area contributed by atoms with Crippen LogP contribution in [-0.4, -0.2) is 15.8 Å². The molecule has 0 N–H and O–H groups in total. The molecule has 0 fully saturated rings. The summed E-state index contributed by atoms with van der Waals surface area (Å²) >= 11 is 11.3. The van der Waals surface area contributed by atoms with Crippen LogP contribution in [-0.2, 0) is 6.54 Å². The number of nitrogens with zero attached hydrogens (tertiary/aromatic N) is 2. The van der Waals surface area contributed by atoms with Crippen LogP contribution in [0.4, 0.5) is 0 Å². The van der Waals surface area contributed by atoms with Gasteiger partial charge in [-0.3, -0.25) is 4.79 Å². The van der Waals surface area contributed by atoms with Crippen LogP contribution in [0.2, 0.25) is 0 Å². The minimum Gasteiger partial charge on any atom is -0.326 e. The number of aldehydes is 1. The van der Waals surface area contributed by atoms with E-state index in [0.717, 1.165) is 17.3 Å². The van der Waals surface area contributed by atoms with Crippen molar-refractivity contribution in [2.24, 2.45) is 0 Å². The monoisotopic (exact) mass is 254 g/mol. The Bertz CT molecular complexity index is 560. The fourth-order valence-corrected chi connectivity index (χ4v) is 1.76. The van der Waals surface area contributed by atoms with Gasteiger partial charge in [0, 0.05) is 33.9 Å². The summed E-state index contributed by atoms with van der Waals surface area (Å²) in [6.07, 6.45) is 4.19. The van der Waals surface area contributed by atoms with E-state index in [0.29, 0.717) is 17.1 Å². The number of carbonyl (C=O) groups excluding carboxylic acids is 1. The van der Waals surface area contributed by atoms with Crippen LogP contribution in [0.5, 0.6) is 0 Å². The van der Waals surface area contributed by atoms with Crippen LogP contribution < -0.4 is 0 Å². The molecule has 0 aliphatic carbocycles. The standard InChI is InChI=1S/C11H8Cl2N2O/c12-4-9(13)6-15-5-8(7-16)10-2-1-3-14-11(10)15/h1-5,7H,6H2. The van der Waals surface area contributed by atoms with Crippen LogP contribution in [0.15, 0.2) is 35.1 Å². The molecule has 0 bridgehead atoms. The second kappa shape index (κ2) is 4.68. The Balaban J connectivity index is 2.57. The van der Waals surface area contributed by atoms with Gasteiger partial charge >= 0.3 is 0 Å². The van der Waals surface area contributed by atoms with Gasteiger partial charge in [0.05, 0.1) is 6.54 Å². The van der Waals surface area contributed by atoms with E-state index in [1.165, 1.54) is 5.54 Å². The van der Waals surface area contributed by atoms with E-state index >= 15 is 0 Å². The van der Waals surface area contributed by atoms with Crippen molar-refractivity contribution in [3.63, 3.8) is 0 Å². The molecule has 5 heteroatoms. The Hall–Kier alpha value is -1.32. The third-order valence-corrected chi connectivity index (χ3v) is 2.84. The first kappa shape index (κ1) is 11.2. The topological polar surface area (TPSA) is 34.9 Å². The normalized spacial score (nSPS) is 12.0. The minimum absolute atomic E-state index is 0.409. The molecule has 2 aromatic rings. The highest BCUT2D eigenvalue weighted by molar-refractivity contribution is 6.36. The summed E-state index contributed by atoms with van der Waals surface area (Å²) in [4.78, 5) is 15.1. The average molecular weight is 255 g/mol. The molecule has 0 saturated heterocycles. The molecule has 0 saturated carbocycles. The molecule has 0 amide bonds. The summed E-state index contributed by atoms with van der Waals surface area (Å²) in [5, 5.41) is 1.30. The summed E-state index contributed by atoms with van der Waals surface area (Å²) in [5.74, 6) is 0. The van der Waals surface area contributed by atoms with Crippen LogP contribution in [0.25, 0.3) is 11.0 Å². The molecule has 16 heavy (non-hydrogen) atoms. The molecule has 82 valence electrons. The van der Waals surface area contributed by atoms with Crippen LogP contribution in [0, 0.1) is 0 Å². The van der Waals surface area contributed by atoms with Gasteiger partial charge in [0.25, 0.3) is 0 Å². The summed E-state index contributed by atoms with van der Waals surface area (Å²) in [7, 11) is 0. The maximum Gasteiger partial charge on any atom is 0.152 e. The number of aromatic nitrogens is 2. The molecule has 0 aliphatic heterocycles. The molecule has 0 aliphatic rings.